The molecule has 2 saturated heterocycles. The Hall–Kier alpha value is -4.56. The van der Waals surface area contributed by atoms with Crippen molar-refractivity contribution in [1.29, 1.82) is 0 Å². The number of aromatic amines is 1. The lowest BCUT2D eigenvalue weighted by Gasteiger charge is -2.39. The Labute approximate surface area is 288 Å². The Balaban J connectivity index is 1.01. The summed E-state index contributed by atoms with van der Waals surface area (Å²) in [6, 6.07) is 13.8. The standard InChI is InChI=1S/C36H43F3N10O/c1-22-17-24(25-6-8-31-29(18-25)23(2)46-49(31)28-11-15-47(16-12-28)27-9-13-40-14-10-27)5-7-30(22)48-21-26(19-42-48)33(50)41-20-32-43-34(45-44-32)35(3,4)36(37,38)39/h5-8,17-19,21,27-28,40H,9-16,20H2,1-4H3,(H,41,50)(H,43,44,45). The van der Waals surface area contributed by atoms with E-state index in [0.717, 1.165) is 80.9 Å². The van der Waals surface area contributed by atoms with Gasteiger partial charge in [-0.05, 0) is 107 Å². The number of piperidine rings is 2. The summed E-state index contributed by atoms with van der Waals surface area (Å²) in [5.41, 5.74) is 4.27. The molecule has 3 aromatic heterocycles. The zero-order valence-corrected chi connectivity index (χ0v) is 28.8. The average Bonchev–Trinajstić information content (AvgIpc) is 3.87. The van der Waals surface area contributed by atoms with E-state index >= 15 is 0 Å². The van der Waals surface area contributed by atoms with Crippen LogP contribution in [-0.4, -0.2) is 83.9 Å². The Morgan fingerprint density at radius 3 is 2.42 bits per heavy atom. The average molecular weight is 689 g/mol. The highest BCUT2D eigenvalue weighted by atomic mass is 19.4. The summed E-state index contributed by atoms with van der Waals surface area (Å²) < 4.78 is 43.9. The molecule has 0 radical (unpaired) electrons. The summed E-state index contributed by atoms with van der Waals surface area (Å²) in [5.74, 6) is -0.696. The summed E-state index contributed by atoms with van der Waals surface area (Å²) in [4.78, 5) is 19.5. The number of carbonyl (C=O) groups is 1. The molecule has 0 atom stereocenters. The highest BCUT2D eigenvalue weighted by Crippen LogP contribution is 2.38. The first kappa shape index (κ1) is 33.9. The fourth-order valence-corrected chi connectivity index (χ4v) is 7.13. The molecule has 14 heteroatoms. The zero-order valence-electron chi connectivity index (χ0n) is 28.8. The van der Waals surface area contributed by atoms with Crippen LogP contribution in [0.2, 0.25) is 0 Å². The number of H-pyrrole nitrogens is 1. The monoisotopic (exact) mass is 688 g/mol. The second-order valence-corrected chi connectivity index (χ2v) is 14.1. The van der Waals surface area contributed by atoms with Crippen LogP contribution in [0.15, 0.2) is 48.8 Å². The number of benzene rings is 2. The summed E-state index contributed by atoms with van der Waals surface area (Å²) in [7, 11) is 0. The third-order valence-electron chi connectivity index (χ3n) is 10.4. The summed E-state index contributed by atoms with van der Waals surface area (Å²) in [6.45, 7) is 10.5. The van der Waals surface area contributed by atoms with Crippen LogP contribution in [0.1, 0.15) is 78.8 Å². The molecule has 11 nitrogen and oxygen atoms in total. The molecule has 2 aliphatic heterocycles. The van der Waals surface area contributed by atoms with Gasteiger partial charge in [-0.3, -0.25) is 14.6 Å². The van der Waals surface area contributed by atoms with E-state index < -0.39 is 17.5 Å². The van der Waals surface area contributed by atoms with Crippen LogP contribution in [0.5, 0.6) is 0 Å². The predicted octanol–water partition coefficient (Wildman–Crippen LogP) is 5.78. The molecule has 0 spiro atoms. The number of carbonyl (C=O) groups excluding carboxylic acids is 1. The lowest BCUT2D eigenvalue weighted by atomic mass is 9.92. The molecule has 0 saturated carbocycles. The van der Waals surface area contributed by atoms with Gasteiger partial charge in [-0.2, -0.15) is 28.5 Å². The SMILES string of the molecule is Cc1cc(-c2ccc3c(c2)c(C)nn3C2CCN(C3CCNCC3)CC2)ccc1-n1cc(C(=O)NCc2nc(C(C)(C)C(F)(F)F)n[nH]2)cn1. The Morgan fingerprint density at radius 1 is 0.980 bits per heavy atom. The molecule has 0 bridgehead atoms. The summed E-state index contributed by atoms with van der Waals surface area (Å²) in [5, 5.41) is 22.9. The van der Waals surface area contributed by atoms with Gasteiger partial charge in [-0.25, -0.2) is 9.67 Å². The molecule has 7 rings (SSSR count). The molecule has 2 fully saturated rings. The first-order valence-electron chi connectivity index (χ1n) is 17.3. The van der Waals surface area contributed by atoms with E-state index in [1.807, 2.05) is 19.1 Å². The molecule has 2 aromatic carbocycles. The number of amides is 1. The van der Waals surface area contributed by atoms with Crippen molar-refractivity contribution in [2.45, 2.75) is 83.6 Å². The number of hydrogen-bond donors (Lipinski definition) is 3. The molecular weight excluding hydrogens is 645 g/mol. The molecule has 5 aromatic rings. The molecular formula is C36H43F3N10O. The van der Waals surface area contributed by atoms with E-state index in [2.05, 4.69) is 71.7 Å². The van der Waals surface area contributed by atoms with E-state index in [1.54, 1.807) is 10.9 Å². The number of fused-ring (bicyclic) bond motifs is 1. The first-order chi connectivity index (χ1) is 23.9. The normalized spacial score (nSPS) is 17.1. The molecule has 50 heavy (non-hydrogen) atoms. The maximum atomic E-state index is 13.3. The predicted molar refractivity (Wildman–Crippen MR) is 184 cm³/mol. The van der Waals surface area contributed by atoms with Gasteiger partial charge in [0.05, 0.1) is 41.2 Å². The third kappa shape index (κ3) is 6.53. The van der Waals surface area contributed by atoms with Gasteiger partial charge < -0.3 is 15.5 Å². The summed E-state index contributed by atoms with van der Waals surface area (Å²) >= 11 is 0. The fraction of sp³-hybridized carbons (Fsp3) is 0.472. The second kappa shape index (κ2) is 13.3. The lowest BCUT2D eigenvalue weighted by molar-refractivity contribution is -0.182. The quantitative estimate of drug-likeness (QED) is 0.189. The van der Waals surface area contributed by atoms with Crippen LogP contribution >= 0.6 is 0 Å². The topological polar surface area (TPSA) is 122 Å². The highest BCUT2D eigenvalue weighted by Gasteiger charge is 2.51. The molecule has 0 aliphatic carbocycles. The summed E-state index contributed by atoms with van der Waals surface area (Å²) in [6.07, 6.45) is 3.27. The Morgan fingerprint density at radius 2 is 1.70 bits per heavy atom. The van der Waals surface area contributed by atoms with Gasteiger partial charge in [0.1, 0.15) is 11.2 Å². The van der Waals surface area contributed by atoms with Crippen LogP contribution in [-0.2, 0) is 12.0 Å². The number of nitrogens with one attached hydrogen (secondary N) is 3. The van der Waals surface area contributed by atoms with Crippen LogP contribution < -0.4 is 10.6 Å². The van der Waals surface area contributed by atoms with E-state index in [1.165, 1.54) is 29.9 Å². The van der Waals surface area contributed by atoms with Crippen molar-refractivity contribution in [1.82, 2.24) is 50.3 Å². The van der Waals surface area contributed by atoms with E-state index in [0.29, 0.717) is 17.6 Å². The minimum atomic E-state index is -4.51. The molecule has 1 amide bonds. The maximum absolute atomic E-state index is 13.3. The van der Waals surface area contributed by atoms with Crippen LogP contribution in [0, 0.1) is 13.8 Å². The van der Waals surface area contributed by atoms with E-state index in [4.69, 9.17) is 5.10 Å². The zero-order chi connectivity index (χ0) is 35.2. The van der Waals surface area contributed by atoms with Crippen LogP contribution in [0.4, 0.5) is 13.2 Å². The van der Waals surface area contributed by atoms with Crippen molar-refractivity contribution in [2.75, 3.05) is 26.2 Å². The minimum absolute atomic E-state index is 0.112. The smallest absolute Gasteiger partial charge is 0.345 e. The number of hydrogen-bond acceptors (Lipinski definition) is 7. The van der Waals surface area contributed by atoms with E-state index in [9.17, 15) is 18.0 Å². The van der Waals surface area contributed by atoms with Gasteiger partial charge in [-0.1, -0.05) is 12.1 Å². The number of nitrogens with zero attached hydrogens (tertiary/aromatic N) is 7. The minimum Gasteiger partial charge on any atom is -0.345 e. The largest absolute Gasteiger partial charge is 0.401 e. The van der Waals surface area contributed by atoms with Crippen molar-refractivity contribution in [3.05, 3.63) is 77.3 Å². The molecule has 0 unspecified atom stereocenters. The van der Waals surface area contributed by atoms with Crippen LogP contribution in [0.25, 0.3) is 27.7 Å². The lowest BCUT2D eigenvalue weighted by Crippen LogP contribution is -2.46. The first-order valence-corrected chi connectivity index (χ1v) is 17.3. The van der Waals surface area contributed by atoms with E-state index in [-0.39, 0.29) is 18.2 Å². The van der Waals surface area contributed by atoms with Gasteiger partial charge in [0, 0.05) is 30.7 Å². The van der Waals surface area contributed by atoms with Gasteiger partial charge in [0.2, 0.25) is 0 Å². The van der Waals surface area contributed by atoms with Crippen molar-refractivity contribution < 1.29 is 18.0 Å². The Bertz CT molecular complexity index is 1990. The van der Waals surface area contributed by atoms with Crippen LogP contribution in [0.3, 0.4) is 0 Å². The van der Waals surface area contributed by atoms with Gasteiger partial charge in [0.15, 0.2) is 5.82 Å². The number of aryl methyl sites for hydroxylation is 2. The molecule has 2 aliphatic rings. The fourth-order valence-electron chi connectivity index (χ4n) is 7.13. The number of alkyl halides is 3. The second-order valence-electron chi connectivity index (χ2n) is 14.1. The van der Waals surface area contributed by atoms with Gasteiger partial charge in [-0.15, -0.1) is 0 Å². The van der Waals surface area contributed by atoms with Crippen molar-refractivity contribution in [3.63, 3.8) is 0 Å². The van der Waals surface area contributed by atoms with Crippen molar-refractivity contribution >= 4 is 16.8 Å². The number of aromatic nitrogens is 7. The molecule has 5 heterocycles. The maximum Gasteiger partial charge on any atom is 0.401 e. The number of likely N-dealkylation sites (tertiary alicyclic amines) is 1. The van der Waals surface area contributed by atoms with Crippen molar-refractivity contribution in [2.24, 2.45) is 0 Å². The number of rotatable bonds is 8. The Kier molecular flexibility index (Phi) is 9.01. The number of halogens is 3. The third-order valence-corrected chi connectivity index (χ3v) is 10.4. The molecule has 3 N–H and O–H groups in total. The van der Waals surface area contributed by atoms with Gasteiger partial charge >= 0.3 is 6.18 Å². The molecule has 264 valence electrons. The van der Waals surface area contributed by atoms with Crippen molar-refractivity contribution in [3.8, 4) is 16.8 Å². The van der Waals surface area contributed by atoms with Gasteiger partial charge in [0.25, 0.3) is 5.91 Å². The highest BCUT2D eigenvalue weighted by molar-refractivity contribution is 5.93.